The number of aliphatic hydroxyl groups excluding tert-OH is 1. The Balaban J connectivity index is 1.75. The Kier molecular flexibility index (Phi) is 6.76. The number of nitrogens with zero attached hydrogens (tertiary/aromatic N) is 1. The van der Waals surface area contributed by atoms with Crippen molar-refractivity contribution in [3.05, 3.63) is 57.6 Å². The molecule has 1 saturated heterocycles. The van der Waals surface area contributed by atoms with Gasteiger partial charge in [0.15, 0.2) is 0 Å². The van der Waals surface area contributed by atoms with Crippen LogP contribution in [0.15, 0.2) is 29.2 Å². The molecule has 2 aromatic rings. The molecule has 7 heteroatoms. The Bertz CT molecular complexity index is 1050. The van der Waals surface area contributed by atoms with Crippen LogP contribution in [0.4, 0.5) is 5.69 Å². The van der Waals surface area contributed by atoms with Gasteiger partial charge in [0.25, 0.3) is 10.0 Å². The predicted octanol–water partition coefficient (Wildman–Crippen LogP) is 3.56. The van der Waals surface area contributed by atoms with E-state index in [1.807, 2.05) is 34.6 Å². The predicted molar refractivity (Wildman–Crippen MR) is 123 cm³/mol. The summed E-state index contributed by atoms with van der Waals surface area (Å²) in [6, 6.07) is 6.94. The van der Waals surface area contributed by atoms with Crippen LogP contribution < -0.4 is 4.72 Å². The molecule has 2 aromatic carbocycles. The minimum absolute atomic E-state index is 0.0251. The average Bonchev–Trinajstić information content (AvgIpc) is 2.72. The number of amides is 1. The van der Waals surface area contributed by atoms with Gasteiger partial charge in [0.1, 0.15) is 0 Å². The first-order chi connectivity index (χ1) is 14.5. The van der Waals surface area contributed by atoms with E-state index in [2.05, 4.69) is 4.72 Å². The van der Waals surface area contributed by atoms with Crippen LogP contribution in [0.25, 0.3) is 0 Å². The third-order valence-electron chi connectivity index (χ3n) is 6.58. The van der Waals surface area contributed by atoms with Crippen LogP contribution in [0, 0.1) is 34.6 Å². The maximum atomic E-state index is 13.2. The molecule has 1 amide bonds. The largest absolute Gasteiger partial charge is 0.393 e. The average molecular weight is 445 g/mol. The number of piperidine rings is 1. The molecule has 1 fully saturated rings. The van der Waals surface area contributed by atoms with E-state index in [4.69, 9.17) is 0 Å². The second kappa shape index (κ2) is 9.01. The molecule has 1 aliphatic rings. The maximum Gasteiger partial charge on any atom is 0.262 e. The van der Waals surface area contributed by atoms with Crippen LogP contribution >= 0.6 is 0 Å². The van der Waals surface area contributed by atoms with Gasteiger partial charge >= 0.3 is 0 Å². The molecular weight excluding hydrogens is 412 g/mol. The molecule has 2 N–H and O–H groups in total. The number of aliphatic hydroxyl groups is 1. The van der Waals surface area contributed by atoms with Gasteiger partial charge in [0.05, 0.1) is 17.4 Å². The van der Waals surface area contributed by atoms with Crippen molar-refractivity contribution in [3.8, 4) is 0 Å². The molecule has 168 valence electrons. The van der Waals surface area contributed by atoms with Crippen LogP contribution in [-0.2, 0) is 21.2 Å². The topological polar surface area (TPSA) is 86.7 Å². The van der Waals surface area contributed by atoms with Crippen LogP contribution in [0.1, 0.15) is 46.2 Å². The lowest BCUT2D eigenvalue weighted by atomic mass is 9.95. The van der Waals surface area contributed by atoms with E-state index in [0.717, 1.165) is 33.4 Å². The summed E-state index contributed by atoms with van der Waals surface area (Å²) in [6.07, 6.45) is 1.18. The Labute approximate surface area is 185 Å². The monoisotopic (exact) mass is 444 g/mol. The number of nitrogens with one attached hydrogen (secondary N) is 1. The quantitative estimate of drug-likeness (QED) is 0.738. The highest BCUT2D eigenvalue weighted by atomic mass is 32.2. The van der Waals surface area contributed by atoms with E-state index in [9.17, 15) is 18.3 Å². The molecule has 0 aliphatic carbocycles. The second-order valence-corrected chi connectivity index (χ2v) is 10.2. The highest BCUT2D eigenvalue weighted by Gasteiger charge is 2.24. The standard InChI is InChI=1S/C24H32N2O4S/c1-15-16(2)18(4)24(19(5)17(15)3)31(29,30)25-21-8-6-20(7-9-21)14-23(28)26-12-10-22(27)11-13-26/h6-9,22,25,27H,10-14H2,1-5H3. The van der Waals surface area contributed by atoms with Crippen molar-refractivity contribution in [2.45, 2.75) is 64.9 Å². The molecule has 6 nitrogen and oxygen atoms in total. The van der Waals surface area contributed by atoms with E-state index in [-0.39, 0.29) is 18.4 Å². The summed E-state index contributed by atoms with van der Waals surface area (Å²) < 4.78 is 29.0. The zero-order valence-electron chi connectivity index (χ0n) is 18.9. The Morgan fingerprint density at radius 2 is 1.42 bits per heavy atom. The fourth-order valence-corrected chi connectivity index (χ4v) is 5.83. The molecule has 0 bridgehead atoms. The van der Waals surface area contributed by atoms with E-state index < -0.39 is 10.0 Å². The Morgan fingerprint density at radius 1 is 0.935 bits per heavy atom. The summed E-state index contributed by atoms with van der Waals surface area (Å²) in [5, 5.41) is 9.59. The first-order valence-electron chi connectivity index (χ1n) is 10.7. The molecule has 0 unspecified atom stereocenters. The number of sulfonamides is 1. The molecule has 31 heavy (non-hydrogen) atoms. The molecule has 0 aromatic heterocycles. The number of carbonyl (C=O) groups excluding carboxylic acids is 1. The highest BCUT2D eigenvalue weighted by Crippen LogP contribution is 2.30. The van der Waals surface area contributed by atoms with Gasteiger partial charge in [-0.2, -0.15) is 0 Å². The lowest BCUT2D eigenvalue weighted by Crippen LogP contribution is -2.40. The van der Waals surface area contributed by atoms with Crippen molar-refractivity contribution in [1.82, 2.24) is 4.90 Å². The van der Waals surface area contributed by atoms with E-state index in [1.54, 1.807) is 29.2 Å². The first kappa shape index (κ1) is 23.3. The van der Waals surface area contributed by atoms with Gasteiger partial charge in [0.2, 0.25) is 5.91 Å². The van der Waals surface area contributed by atoms with Gasteiger partial charge in [0, 0.05) is 18.8 Å². The van der Waals surface area contributed by atoms with Gasteiger partial charge in [-0.25, -0.2) is 8.42 Å². The van der Waals surface area contributed by atoms with Crippen molar-refractivity contribution < 1.29 is 18.3 Å². The molecular formula is C24H32N2O4S. The molecule has 0 atom stereocenters. The lowest BCUT2D eigenvalue weighted by molar-refractivity contribution is -0.132. The van der Waals surface area contributed by atoms with E-state index in [0.29, 0.717) is 36.5 Å². The summed E-state index contributed by atoms with van der Waals surface area (Å²) >= 11 is 0. The van der Waals surface area contributed by atoms with Crippen LogP contribution in [-0.4, -0.2) is 43.5 Å². The lowest BCUT2D eigenvalue weighted by Gasteiger charge is -2.29. The van der Waals surface area contributed by atoms with Gasteiger partial charge in [-0.05, 0) is 93.0 Å². The molecule has 1 heterocycles. The first-order valence-corrected chi connectivity index (χ1v) is 12.1. The van der Waals surface area contributed by atoms with Crippen molar-refractivity contribution in [2.75, 3.05) is 17.8 Å². The van der Waals surface area contributed by atoms with Gasteiger partial charge < -0.3 is 10.0 Å². The van der Waals surface area contributed by atoms with Gasteiger partial charge in [-0.1, -0.05) is 12.1 Å². The fraction of sp³-hybridized carbons (Fsp3) is 0.458. The van der Waals surface area contributed by atoms with E-state index >= 15 is 0 Å². The van der Waals surface area contributed by atoms with Gasteiger partial charge in [-0.3, -0.25) is 9.52 Å². The van der Waals surface area contributed by atoms with Crippen LogP contribution in [0.5, 0.6) is 0 Å². The van der Waals surface area contributed by atoms with Crippen molar-refractivity contribution >= 4 is 21.6 Å². The number of likely N-dealkylation sites (tertiary alicyclic amines) is 1. The number of hydrogen-bond donors (Lipinski definition) is 2. The Hall–Kier alpha value is -2.38. The SMILES string of the molecule is Cc1c(C)c(C)c(S(=O)(=O)Nc2ccc(CC(=O)N3CCC(O)CC3)cc2)c(C)c1C. The summed E-state index contributed by atoms with van der Waals surface area (Å²) in [7, 11) is -3.74. The number of carbonyl (C=O) groups is 1. The molecule has 0 saturated carbocycles. The van der Waals surface area contributed by atoms with Crippen LogP contribution in [0.2, 0.25) is 0 Å². The summed E-state index contributed by atoms with van der Waals surface area (Å²) in [6.45, 7) is 10.8. The summed E-state index contributed by atoms with van der Waals surface area (Å²) in [5.41, 5.74) is 5.92. The van der Waals surface area contributed by atoms with E-state index in [1.165, 1.54) is 0 Å². The molecule has 0 radical (unpaired) electrons. The maximum absolute atomic E-state index is 13.2. The number of rotatable bonds is 5. The zero-order valence-corrected chi connectivity index (χ0v) is 19.8. The Morgan fingerprint density at radius 3 is 1.94 bits per heavy atom. The number of anilines is 1. The molecule has 1 aliphatic heterocycles. The summed E-state index contributed by atoms with van der Waals surface area (Å²) in [5.74, 6) is 0.0251. The number of benzene rings is 2. The minimum Gasteiger partial charge on any atom is -0.393 e. The third-order valence-corrected chi connectivity index (χ3v) is 8.23. The third kappa shape index (κ3) is 4.93. The highest BCUT2D eigenvalue weighted by molar-refractivity contribution is 7.92. The van der Waals surface area contributed by atoms with Crippen molar-refractivity contribution in [3.63, 3.8) is 0 Å². The normalized spacial score (nSPS) is 15.2. The second-order valence-electron chi connectivity index (χ2n) is 8.55. The minimum atomic E-state index is -3.74. The molecule has 3 rings (SSSR count). The smallest absolute Gasteiger partial charge is 0.262 e. The molecule has 0 spiro atoms. The summed E-state index contributed by atoms with van der Waals surface area (Å²) in [4.78, 5) is 14.6. The fourth-order valence-electron chi connectivity index (χ4n) is 4.17. The zero-order chi connectivity index (χ0) is 22.9. The van der Waals surface area contributed by atoms with Crippen molar-refractivity contribution in [1.29, 1.82) is 0 Å². The van der Waals surface area contributed by atoms with Crippen molar-refractivity contribution in [2.24, 2.45) is 0 Å². The van der Waals surface area contributed by atoms with Crippen LogP contribution in [0.3, 0.4) is 0 Å². The van der Waals surface area contributed by atoms with Gasteiger partial charge in [-0.15, -0.1) is 0 Å². The number of hydrogen-bond acceptors (Lipinski definition) is 4.